The van der Waals surface area contributed by atoms with Crippen molar-refractivity contribution in [2.75, 3.05) is 25.0 Å². The number of amides is 2. The highest BCUT2D eigenvalue weighted by Crippen LogP contribution is 2.27. The van der Waals surface area contributed by atoms with Crippen LogP contribution in [0.5, 0.6) is 0 Å². The summed E-state index contributed by atoms with van der Waals surface area (Å²) >= 11 is 5.83. The molecule has 1 saturated heterocycles. The second-order valence-electron chi connectivity index (χ2n) is 5.05. The first kappa shape index (κ1) is 15.3. The van der Waals surface area contributed by atoms with Crippen molar-refractivity contribution in [1.82, 2.24) is 4.90 Å². The zero-order valence-corrected chi connectivity index (χ0v) is 12.5. The van der Waals surface area contributed by atoms with Gasteiger partial charge in [-0.05, 0) is 24.3 Å². The van der Waals surface area contributed by atoms with Crippen LogP contribution in [0, 0.1) is 17.2 Å². The lowest BCUT2D eigenvalue weighted by molar-refractivity contribution is -0.134. The molecule has 0 unspecified atom stereocenters. The summed E-state index contributed by atoms with van der Waals surface area (Å²) in [7, 11) is 1.66. The maximum absolute atomic E-state index is 12.2. The Hall–Kier alpha value is -2.06. The van der Waals surface area contributed by atoms with Crippen LogP contribution < -0.4 is 4.90 Å². The predicted molar refractivity (Wildman–Crippen MR) is 79.8 cm³/mol. The van der Waals surface area contributed by atoms with Crippen molar-refractivity contribution in [1.29, 1.82) is 5.26 Å². The number of hydrogen-bond acceptors (Lipinski definition) is 3. The Balaban J connectivity index is 2.04. The predicted octanol–water partition coefficient (Wildman–Crippen LogP) is 2.06. The number of carbonyl (C=O) groups excluding carboxylic acids is 2. The molecule has 0 radical (unpaired) electrons. The van der Waals surface area contributed by atoms with Crippen molar-refractivity contribution in [3.8, 4) is 6.07 Å². The molecule has 2 rings (SSSR count). The topological polar surface area (TPSA) is 64.4 Å². The van der Waals surface area contributed by atoms with E-state index < -0.39 is 0 Å². The Labute approximate surface area is 128 Å². The van der Waals surface area contributed by atoms with E-state index in [1.807, 2.05) is 6.07 Å². The Morgan fingerprint density at radius 1 is 1.48 bits per heavy atom. The second-order valence-corrected chi connectivity index (χ2v) is 5.49. The lowest BCUT2D eigenvalue weighted by Crippen LogP contribution is -2.35. The van der Waals surface area contributed by atoms with Gasteiger partial charge in [-0.25, -0.2) is 0 Å². The summed E-state index contributed by atoms with van der Waals surface area (Å²) in [6.45, 7) is 0.761. The van der Waals surface area contributed by atoms with Gasteiger partial charge in [0.1, 0.15) is 0 Å². The van der Waals surface area contributed by atoms with Gasteiger partial charge in [-0.2, -0.15) is 5.26 Å². The zero-order valence-electron chi connectivity index (χ0n) is 11.8. The lowest BCUT2D eigenvalue weighted by atomic mass is 10.1. The van der Waals surface area contributed by atoms with Gasteiger partial charge in [-0.1, -0.05) is 11.6 Å². The van der Waals surface area contributed by atoms with Gasteiger partial charge in [0.15, 0.2) is 0 Å². The molecule has 0 bridgehead atoms. The summed E-state index contributed by atoms with van der Waals surface area (Å²) in [5.74, 6) is -0.503. The molecule has 1 aliphatic heterocycles. The summed E-state index contributed by atoms with van der Waals surface area (Å²) in [6.07, 6.45) is 0.502. The molecule has 1 heterocycles. The van der Waals surface area contributed by atoms with E-state index in [0.717, 1.165) is 5.69 Å². The van der Waals surface area contributed by atoms with Gasteiger partial charge in [0, 0.05) is 37.3 Å². The third-order valence-electron chi connectivity index (χ3n) is 3.55. The maximum Gasteiger partial charge on any atom is 0.227 e. The van der Waals surface area contributed by atoms with Crippen LogP contribution in [0.4, 0.5) is 5.69 Å². The van der Waals surface area contributed by atoms with E-state index in [9.17, 15) is 9.59 Å². The normalized spacial score (nSPS) is 17.7. The first-order valence-corrected chi connectivity index (χ1v) is 7.08. The van der Waals surface area contributed by atoms with E-state index in [-0.39, 0.29) is 24.2 Å². The third-order valence-corrected chi connectivity index (χ3v) is 3.80. The van der Waals surface area contributed by atoms with Crippen molar-refractivity contribution in [2.24, 2.45) is 5.92 Å². The fourth-order valence-corrected chi connectivity index (χ4v) is 2.51. The van der Waals surface area contributed by atoms with Gasteiger partial charge in [0.05, 0.1) is 18.4 Å². The largest absolute Gasteiger partial charge is 0.344 e. The van der Waals surface area contributed by atoms with E-state index >= 15 is 0 Å². The van der Waals surface area contributed by atoms with Gasteiger partial charge >= 0.3 is 0 Å². The number of carbonyl (C=O) groups is 2. The summed E-state index contributed by atoms with van der Waals surface area (Å²) in [4.78, 5) is 27.5. The standard InChI is InChI=1S/C15H16ClN3O2/c1-18(8-2-7-17)15(21)11-9-14(20)19(10-11)13-5-3-12(16)4-6-13/h3-6,11H,2,8-10H2,1H3/t11-/m0/s1. The van der Waals surface area contributed by atoms with Crippen molar-refractivity contribution in [3.63, 3.8) is 0 Å². The number of hydrogen-bond donors (Lipinski definition) is 0. The van der Waals surface area contributed by atoms with Crippen molar-refractivity contribution >= 4 is 29.1 Å². The molecule has 0 saturated carbocycles. The van der Waals surface area contributed by atoms with Crippen LogP contribution in [0.15, 0.2) is 24.3 Å². The first-order valence-electron chi connectivity index (χ1n) is 6.70. The van der Waals surface area contributed by atoms with Crippen molar-refractivity contribution in [2.45, 2.75) is 12.8 Å². The Kier molecular flexibility index (Phi) is 4.81. The smallest absolute Gasteiger partial charge is 0.227 e. The number of halogens is 1. The summed E-state index contributed by atoms with van der Waals surface area (Å²) < 4.78 is 0. The SMILES string of the molecule is CN(CCC#N)C(=O)[C@H]1CC(=O)N(c2ccc(Cl)cc2)C1. The fourth-order valence-electron chi connectivity index (χ4n) is 2.38. The molecule has 110 valence electrons. The monoisotopic (exact) mass is 305 g/mol. The third kappa shape index (κ3) is 3.53. The fraction of sp³-hybridized carbons (Fsp3) is 0.400. The number of benzene rings is 1. The Morgan fingerprint density at radius 3 is 2.76 bits per heavy atom. The van der Waals surface area contributed by atoms with Crippen LogP contribution in [-0.2, 0) is 9.59 Å². The highest BCUT2D eigenvalue weighted by Gasteiger charge is 2.36. The molecular weight excluding hydrogens is 290 g/mol. The first-order chi connectivity index (χ1) is 10.0. The van der Waals surface area contributed by atoms with Gasteiger partial charge < -0.3 is 9.80 Å². The molecule has 6 heteroatoms. The van der Waals surface area contributed by atoms with E-state index in [2.05, 4.69) is 0 Å². The molecule has 1 fully saturated rings. The van der Waals surface area contributed by atoms with Crippen molar-refractivity contribution in [3.05, 3.63) is 29.3 Å². The van der Waals surface area contributed by atoms with Crippen LogP contribution in [0.3, 0.4) is 0 Å². The molecule has 0 aliphatic carbocycles. The van der Waals surface area contributed by atoms with Crippen molar-refractivity contribution < 1.29 is 9.59 Å². The number of nitrogens with zero attached hydrogens (tertiary/aromatic N) is 3. The minimum Gasteiger partial charge on any atom is -0.344 e. The number of anilines is 1. The zero-order chi connectivity index (χ0) is 15.4. The molecular formula is C15H16ClN3O2. The van der Waals surface area contributed by atoms with Crippen LogP contribution in [0.2, 0.25) is 5.02 Å². The average Bonchev–Trinajstić information content (AvgIpc) is 2.86. The van der Waals surface area contributed by atoms with Crippen LogP contribution >= 0.6 is 11.6 Å². The molecule has 0 N–H and O–H groups in total. The van der Waals surface area contributed by atoms with Crippen LogP contribution in [0.1, 0.15) is 12.8 Å². The van der Waals surface area contributed by atoms with E-state index in [1.54, 1.807) is 36.2 Å². The Morgan fingerprint density at radius 2 is 2.14 bits per heavy atom. The number of nitriles is 1. The molecule has 0 aromatic heterocycles. The summed E-state index contributed by atoms with van der Waals surface area (Å²) in [5.41, 5.74) is 0.749. The molecule has 1 aliphatic rings. The lowest BCUT2D eigenvalue weighted by Gasteiger charge is -2.20. The molecule has 1 aromatic rings. The molecule has 0 spiro atoms. The van der Waals surface area contributed by atoms with Gasteiger partial charge in [0.2, 0.25) is 11.8 Å². The van der Waals surface area contributed by atoms with Gasteiger partial charge in [-0.15, -0.1) is 0 Å². The highest BCUT2D eigenvalue weighted by molar-refractivity contribution is 6.30. The molecule has 21 heavy (non-hydrogen) atoms. The molecule has 2 amide bonds. The molecule has 5 nitrogen and oxygen atoms in total. The number of rotatable bonds is 4. The van der Waals surface area contributed by atoms with Gasteiger partial charge in [0.25, 0.3) is 0 Å². The van der Waals surface area contributed by atoms with Crippen LogP contribution in [0.25, 0.3) is 0 Å². The summed E-state index contributed by atoms with van der Waals surface area (Å²) in [5, 5.41) is 9.16. The van der Waals surface area contributed by atoms with E-state index in [0.29, 0.717) is 24.5 Å². The maximum atomic E-state index is 12.2. The quantitative estimate of drug-likeness (QED) is 0.855. The van der Waals surface area contributed by atoms with E-state index in [1.165, 1.54) is 4.90 Å². The highest BCUT2D eigenvalue weighted by atomic mass is 35.5. The molecule has 1 aromatic carbocycles. The summed E-state index contributed by atoms with van der Waals surface area (Å²) in [6, 6.07) is 8.99. The van der Waals surface area contributed by atoms with E-state index in [4.69, 9.17) is 16.9 Å². The minimum absolute atomic E-state index is 0.0654. The second kappa shape index (κ2) is 6.59. The minimum atomic E-state index is -0.350. The van der Waals surface area contributed by atoms with Gasteiger partial charge in [-0.3, -0.25) is 9.59 Å². The van der Waals surface area contributed by atoms with Crippen LogP contribution in [-0.4, -0.2) is 36.9 Å². The Bertz CT molecular complexity index is 580. The molecule has 1 atom stereocenters. The average molecular weight is 306 g/mol.